The third-order valence-electron chi connectivity index (χ3n) is 2.33. The molecular weight excluding hydrogens is 270 g/mol. The second-order valence-electron chi connectivity index (χ2n) is 3.89. The van der Waals surface area contributed by atoms with Gasteiger partial charge in [0.2, 0.25) is 10.0 Å². The molecule has 0 unspecified atom stereocenters. The minimum atomic E-state index is -3.32. The van der Waals surface area contributed by atoms with Crippen LogP contribution in [0.15, 0.2) is 12.4 Å². The lowest BCUT2D eigenvalue weighted by Gasteiger charge is -2.11. The second-order valence-corrected chi connectivity index (χ2v) is 6.20. The first-order valence-corrected chi connectivity index (χ1v) is 7.16. The van der Waals surface area contributed by atoms with Crippen molar-refractivity contribution < 1.29 is 13.2 Å². The maximum Gasteiger partial charge on any atom is 0.271 e. The van der Waals surface area contributed by atoms with E-state index in [1.165, 1.54) is 26.5 Å². The molecular formula is C10H17N5O3S. The van der Waals surface area contributed by atoms with Crippen molar-refractivity contribution in [3.05, 3.63) is 18.1 Å². The van der Waals surface area contributed by atoms with Crippen molar-refractivity contribution in [2.24, 2.45) is 0 Å². The summed E-state index contributed by atoms with van der Waals surface area (Å²) < 4.78 is 24.1. The molecule has 2 N–H and O–H groups in total. The van der Waals surface area contributed by atoms with Crippen LogP contribution in [-0.2, 0) is 10.0 Å². The van der Waals surface area contributed by atoms with Crippen molar-refractivity contribution in [3.63, 3.8) is 0 Å². The molecule has 1 amide bonds. The first-order valence-electron chi connectivity index (χ1n) is 5.55. The molecule has 8 nitrogen and oxygen atoms in total. The van der Waals surface area contributed by atoms with Crippen molar-refractivity contribution in [2.75, 3.05) is 38.8 Å². The fourth-order valence-electron chi connectivity index (χ4n) is 1.16. The van der Waals surface area contributed by atoms with Gasteiger partial charge in [-0.2, -0.15) is 0 Å². The highest BCUT2D eigenvalue weighted by Crippen LogP contribution is 2.00. The third-order valence-corrected chi connectivity index (χ3v) is 4.16. The molecule has 0 spiro atoms. The lowest BCUT2D eigenvalue weighted by Crippen LogP contribution is -2.34. The van der Waals surface area contributed by atoms with Crippen LogP contribution in [0.25, 0.3) is 0 Å². The van der Waals surface area contributed by atoms with E-state index >= 15 is 0 Å². The fraction of sp³-hybridized carbons (Fsp3) is 0.500. The number of carbonyl (C=O) groups excluding carboxylic acids is 1. The number of hydrogen-bond acceptors (Lipinski definition) is 6. The van der Waals surface area contributed by atoms with Crippen LogP contribution in [0.2, 0.25) is 0 Å². The summed E-state index contributed by atoms with van der Waals surface area (Å²) in [5.41, 5.74) is 0.133. The van der Waals surface area contributed by atoms with Crippen molar-refractivity contribution in [1.82, 2.24) is 19.6 Å². The molecule has 0 atom stereocenters. The van der Waals surface area contributed by atoms with Crippen LogP contribution >= 0.6 is 0 Å². The highest BCUT2D eigenvalue weighted by atomic mass is 32.2. The van der Waals surface area contributed by atoms with Crippen LogP contribution in [0.5, 0.6) is 0 Å². The zero-order valence-corrected chi connectivity index (χ0v) is 11.9. The Balaban J connectivity index is 2.56. The molecule has 0 fully saturated rings. The maximum absolute atomic E-state index is 11.7. The van der Waals surface area contributed by atoms with Gasteiger partial charge in [0, 0.05) is 27.7 Å². The van der Waals surface area contributed by atoms with E-state index in [9.17, 15) is 13.2 Å². The van der Waals surface area contributed by atoms with E-state index in [1.54, 1.807) is 7.05 Å². The molecule has 0 bridgehead atoms. The van der Waals surface area contributed by atoms with Crippen LogP contribution in [0, 0.1) is 0 Å². The molecule has 0 aliphatic rings. The minimum Gasteiger partial charge on any atom is -0.372 e. The van der Waals surface area contributed by atoms with Gasteiger partial charge in [-0.3, -0.25) is 9.78 Å². The number of nitrogens with zero attached hydrogens (tertiary/aromatic N) is 3. The quantitative estimate of drug-likeness (QED) is 0.705. The molecule has 0 radical (unpaired) electrons. The SMILES string of the molecule is CNc1cncc(C(=O)NCCS(=O)(=O)N(C)C)n1. The second kappa shape index (κ2) is 6.43. The molecule has 1 heterocycles. The summed E-state index contributed by atoms with van der Waals surface area (Å²) in [7, 11) is 1.23. The standard InChI is InChI=1S/C10H17N5O3S/c1-11-9-7-12-6-8(14-9)10(16)13-4-5-19(17,18)15(2)3/h6-7H,4-5H2,1-3H3,(H,11,14)(H,13,16). The Morgan fingerprint density at radius 2 is 2.05 bits per heavy atom. The number of anilines is 1. The number of rotatable bonds is 6. The van der Waals surface area contributed by atoms with Crippen molar-refractivity contribution >= 4 is 21.7 Å². The van der Waals surface area contributed by atoms with Gasteiger partial charge in [0.05, 0.1) is 18.1 Å². The Bertz CT molecular complexity index is 544. The minimum absolute atomic E-state index is 0.0187. The van der Waals surface area contributed by atoms with Crippen molar-refractivity contribution in [3.8, 4) is 0 Å². The number of hydrogen-bond donors (Lipinski definition) is 2. The Kier molecular flexibility index (Phi) is 5.19. The molecule has 1 aromatic rings. The first-order chi connectivity index (χ1) is 8.86. The molecule has 0 saturated carbocycles. The highest BCUT2D eigenvalue weighted by Gasteiger charge is 2.14. The van der Waals surface area contributed by atoms with Crippen molar-refractivity contribution in [2.45, 2.75) is 0 Å². The van der Waals surface area contributed by atoms with E-state index in [2.05, 4.69) is 20.6 Å². The molecule has 0 aliphatic heterocycles. The van der Waals surface area contributed by atoms with E-state index < -0.39 is 15.9 Å². The van der Waals surface area contributed by atoms with Gasteiger partial charge in [0.25, 0.3) is 5.91 Å². The topological polar surface area (TPSA) is 104 Å². The van der Waals surface area contributed by atoms with Crippen LogP contribution in [0.3, 0.4) is 0 Å². The normalized spacial score (nSPS) is 11.4. The molecule has 0 aliphatic carbocycles. The Labute approximate surface area is 112 Å². The maximum atomic E-state index is 11.7. The van der Waals surface area contributed by atoms with Crippen LogP contribution in [0.1, 0.15) is 10.5 Å². The van der Waals surface area contributed by atoms with E-state index in [4.69, 9.17) is 0 Å². The fourth-order valence-corrected chi connectivity index (χ4v) is 1.89. The predicted octanol–water partition coefficient (Wildman–Crippen LogP) is -0.860. The molecule has 0 aromatic carbocycles. The summed E-state index contributed by atoms with van der Waals surface area (Å²) >= 11 is 0. The molecule has 19 heavy (non-hydrogen) atoms. The molecule has 0 saturated heterocycles. The Morgan fingerprint density at radius 3 is 2.63 bits per heavy atom. The molecule has 1 aromatic heterocycles. The van der Waals surface area contributed by atoms with Gasteiger partial charge in [0.1, 0.15) is 11.5 Å². The van der Waals surface area contributed by atoms with Gasteiger partial charge >= 0.3 is 0 Å². The lowest BCUT2D eigenvalue weighted by molar-refractivity contribution is 0.0951. The van der Waals surface area contributed by atoms with Gasteiger partial charge in [-0.15, -0.1) is 0 Å². The van der Waals surface area contributed by atoms with E-state index in [1.807, 2.05) is 0 Å². The molecule has 106 valence electrons. The zero-order chi connectivity index (χ0) is 14.5. The monoisotopic (exact) mass is 287 g/mol. The Morgan fingerprint density at radius 1 is 1.37 bits per heavy atom. The number of sulfonamides is 1. The van der Waals surface area contributed by atoms with Crippen molar-refractivity contribution in [1.29, 1.82) is 0 Å². The summed E-state index contributed by atoms with van der Waals surface area (Å²) in [4.78, 5) is 19.6. The van der Waals surface area contributed by atoms with E-state index in [0.717, 1.165) is 4.31 Å². The summed E-state index contributed by atoms with van der Waals surface area (Å²) in [5, 5.41) is 5.25. The van der Waals surface area contributed by atoms with E-state index in [-0.39, 0.29) is 18.0 Å². The van der Waals surface area contributed by atoms with Gasteiger partial charge in [0.15, 0.2) is 0 Å². The molecule has 1 rings (SSSR count). The van der Waals surface area contributed by atoms with Gasteiger partial charge in [-0.25, -0.2) is 17.7 Å². The van der Waals surface area contributed by atoms with Crippen LogP contribution in [-0.4, -0.2) is 62.0 Å². The molecule has 9 heteroatoms. The largest absolute Gasteiger partial charge is 0.372 e. The third kappa shape index (κ3) is 4.45. The van der Waals surface area contributed by atoms with Gasteiger partial charge < -0.3 is 10.6 Å². The summed E-state index contributed by atoms with van der Waals surface area (Å²) in [5.74, 6) is -0.155. The van der Waals surface area contributed by atoms with Crippen LogP contribution in [0.4, 0.5) is 5.82 Å². The number of carbonyl (C=O) groups is 1. The number of aromatic nitrogens is 2. The number of nitrogens with one attached hydrogen (secondary N) is 2. The average Bonchev–Trinajstić information content (AvgIpc) is 2.38. The highest BCUT2D eigenvalue weighted by molar-refractivity contribution is 7.89. The summed E-state index contributed by atoms with van der Waals surface area (Å²) in [6.45, 7) is 0.0187. The smallest absolute Gasteiger partial charge is 0.271 e. The summed E-state index contributed by atoms with van der Waals surface area (Å²) in [6.07, 6.45) is 2.80. The zero-order valence-electron chi connectivity index (χ0n) is 11.0. The average molecular weight is 287 g/mol. The lowest BCUT2D eigenvalue weighted by atomic mass is 10.4. The van der Waals surface area contributed by atoms with Gasteiger partial charge in [-0.05, 0) is 0 Å². The van der Waals surface area contributed by atoms with E-state index in [0.29, 0.717) is 5.82 Å². The number of amides is 1. The summed E-state index contributed by atoms with van der Waals surface area (Å²) in [6, 6.07) is 0. The van der Waals surface area contributed by atoms with Gasteiger partial charge in [-0.1, -0.05) is 0 Å². The van der Waals surface area contributed by atoms with Crippen LogP contribution < -0.4 is 10.6 Å². The Hall–Kier alpha value is -1.74. The predicted molar refractivity (Wildman–Crippen MR) is 71.4 cm³/mol. The first kappa shape index (κ1) is 15.3.